The van der Waals surface area contributed by atoms with Gasteiger partial charge < -0.3 is 9.84 Å². The van der Waals surface area contributed by atoms with E-state index >= 15 is 0 Å². The monoisotopic (exact) mass is 300 g/mol. The van der Waals surface area contributed by atoms with Crippen LogP contribution in [0.25, 0.3) is 0 Å². The minimum Gasteiger partial charge on any atom is -0.355 e. The third kappa shape index (κ3) is 2.00. The molecule has 3 aliphatic rings. The Morgan fingerprint density at radius 3 is 2.91 bits per heavy atom. The smallest absolute Gasteiger partial charge is 0.260 e. The Balaban J connectivity index is 1.61. The van der Waals surface area contributed by atoms with E-state index in [-0.39, 0.29) is 23.1 Å². The first-order valence-electron chi connectivity index (χ1n) is 7.53. The summed E-state index contributed by atoms with van der Waals surface area (Å²) in [5, 5.41) is 6.84. The number of nitrogens with one attached hydrogen (secondary N) is 1. The zero-order valence-electron chi connectivity index (χ0n) is 12.0. The van der Waals surface area contributed by atoms with E-state index in [1.54, 1.807) is 12.2 Å². The van der Waals surface area contributed by atoms with Gasteiger partial charge in [-0.2, -0.15) is 4.98 Å². The summed E-state index contributed by atoms with van der Waals surface area (Å²) in [4.78, 5) is 31.7. The third-order valence-corrected chi connectivity index (χ3v) is 5.00. The van der Waals surface area contributed by atoms with Gasteiger partial charge in [-0.25, -0.2) is 4.99 Å². The molecule has 4 rings (SSSR count). The highest BCUT2D eigenvalue weighted by Crippen LogP contribution is 2.54. The van der Waals surface area contributed by atoms with Crippen molar-refractivity contribution >= 4 is 18.0 Å². The van der Waals surface area contributed by atoms with Gasteiger partial charge in [0.2, 0.25) is 11.8 Å². The predicted octanol–water partition coefficient (Wildman–Crippen LogP) is 1.09. The van der Waals surface area contributed by atoms with Gasteiger partial charge in [0, 0.05) is 19.2 Å². The van der Waals surface area contributed by atoms with Crippen molar-refractivity contribution in [1.82, 2.24) is 15.5 Å². The van der Waals surface area contributed by atoms with E-state index < -0.39 is 5.92 Å². The Kier molecular flexibility index (Phi) is 2.95. The molecular formula is C15H16N4O3. The Bertz CT molecular complexity index is 687. The molecule has 1 saturated heterocycles. The van der Waals surface area contributed by atoms with Crippen LogP contribution in [0.5, 0.6) is 0 Å². The number of aromatic nitrogens is 2. The van der Waals surface area contributed by atoms with Crippen LogP contribution in [0.3, 0.4) is 0 Å². The highest BCUT2D eigenvalue weighted by atomic mass is 16.5. The van der Waals surface area contributed by atoms with Gasteiger partial charge in [-0.05, 0) is 24.3 Å². The molecule has 2 aliphatic heterocycles. The molecule has 1 aliphatic carbocycles. The summed E-state index contributed by atoms with van der Waals surface area (Å²) in [6.45, 7) is 0.521. The number of hydrogen-bond donors (Lipinski definition) is 1. The van der Waals surface area contributed by atoms with Crippen molar-refractivity contribution in [2.75, 3.05) is 6.54 Å². The second kappa shape index (κ2) is 4.86. The molecule has 22 heavy (non-hydrogen) atoms. The van der Waals surface area contributed by atoms with E-state index in [2.05, 4.69) is 20.4 Å². The van der Waals surface area contributed by atoms with E-state index in [0.29, 0.717) is 24.7 Å². The quantitative estimate of drug-likeness (QED) is 0.881. The van der Waals surface area contributed by atoms with E-state index in [1.807, 2.05) is 0 Å². The normalized spacial score (nSPS) is 29.5. The zero-order chi connectivity index (χ0) is 15.2. The first-order valence-corrected chi connectivity index (χ1v) is 7.53. The number of carbonyl (C=O) groups excluding carboxylic acids is 2. The molecule has 1 saturated carbocycles. The van der Waals surface area contributed by atoms with Crippen molar-refractivity contribution in [2.24, 2.45) is 10.4 Å². The molecule has 0 radical (unpaired) electrons. The third-order valence-electron chi connectivity index (χ3n) is 5.00. The molecule has 0 bridgehead atoms. The number of hydrogen-bond acceptors (Lipinski definition) is 5. The molecule has 2 amide bonds. The fourth-order valence-electron chi connectivity index (χ4n) is 3.59. The summed E-state index contributed by atoms with van der Waals surface area (Å²) in [5.41, 5.74) is -0.0449. The predicted molar refractivity (Wildman–Crippen MR) is 76.3 cm³/mol. The molecule has 1 aromatic heterocycles. The lowest BCUT2D eigenvalue weighted by atomic mass is 9.57. The van der Waals surface area contributed by atoms with Crippen LogP contribution in [0.4, 0.5) is 0 Å². The van der Waals surface area contributed by atoms with Crippen LogP contribution in [-0.4, -0.2) is 34.7 Å². The largest absolute Gasteiger partial charge is 0.355 e. The van der Waals surface area contributed by atoms with E-state index in [1.165, 1.54) is 6.21 Å². The van der Waals surface area contributed by atoms with Crippen LogP contribution in [0.15, 0.2) is 21.7 Å². The number of rotatable bonds is 2. The van der Waals surface area contributed by atoms with Crippen LogP contribution in [-0.2, 0) is 9.59 Å². The standard InChI is InChI=1S/C15H16N4O3/c20-11-7-15(4-2-5-15)10(8-17-11)14-18-12(19-22-14)9-3-1-6-16-13(9)21/h1,3,6,9-10H,2,4-5,7-8H2,(H,17,20). The van der Waals surface area contributed by atoms with Gasteiger partial charge in [0.1, 0.15) is 5.92 Å². The average molecular weight is 300 g/mol. The maximum absolute atomic E-state index is 11.8. The average Bonchev–Trinajstić information content (AvgIpc) is 2.95. The van der Waals surface area contributed by atoms with Crippen LogP contribution >= 0.6 is 0 Å². The number of nitrogens with zero attached hydrogens (tertiary/aromatic N) is 3. The minimum atomic E-state index is -0.571. The molecule has 7 nitrogen and oxygen atoms in total. The second-order valence-electron chi connectivity index (χ2n) is 6.22. The van der Waals surface area contributed by atoms with Gasteiger partial charge in [-0.15, -0.1) is 0 Å². The highest BCUT2D eigenvalue weighted by molar-refractivity contribution is 5.96. The van der Waals surface area contributed by atoms with Crippen LogP contribution in [0.2, 0.25) is 0 Å². The summed E-state index contributed by atoms with van der Waals surface area (Å²) >= 11 is 0. The summed E-state index contributed by atoms with van der Waals surface area (Å²) in [6, 6.07) is 0. The Hall–Kier alpha value is -2.31. The van der Waals surface area contributed by atoms with E-state index in [9.17, 15) is 9.59 Å². The second-order valence-corrected chi connectivity index (χ2v) is 6.22. The van der Waals surface area contributed by atoms with Crippen molar-refractivity contribution in [3.05, 3.63) is 23.9 Å². The van der Waals surface area contributed by atoms with Gasteiger partial charge in [0.05, 0.1) is 5.92 Å². The van der Waals surface area contributed by atoms with E-state index in [4.69, 9.17) is 4.52 Å². The molecule has 1 aromatic rings. The van der Waals surface area contributed by atoms with Gasteiger partial charge >= 0.3 is 0 Å². The highest BCUT2D eigenvalue weighted by Gasteiger charge is 2.50. The van der Waals surface area contributed by atoms with Crippen molar-refractivity contribution in [2.45, 2.75) is 37.5 Å². The number of amides is 2. The molecule has 7 heteroatoms. The van der Waals surface area contributed by atoms with Gasteiger partial charge in [-0.3, -0.25) is 9.59 Å². The molecule has 2 atom stereocenters. The van der Waals surface area contributed by atoms with Gasteiger partial charge in [0.15, 0.2) is 5.82 Å². The number of allylic oxidation sites excluding steroid dienone is 1. The molecule has 1 N–H and O–H groups in total. The van der Waals surface area contributed by atoms with Crippen molar-refractivity contribution in [1.29, 1.82) is 0 Å². The number of carbonyl (C=O) groups is 2. The fraction of sp³-hybridized carbons (Fsp3) is 0.533. The van der Waals surface area contributed by atoms with Gasteiger partial charge in [0.25, 0.3) is 5.91 Å². The first kappa shape index (κ1) is 13.4. The summed E-state index contributed by atoms with van der Waals surface area (Å²) in [6.07, 6.45) is 8.54. The Morgan fingerprint density at radius 1 is 1.32 bits per heavy atom. The van der Waals surface area contributed by atoms with Crippen molar-refractivity contribution in [3.8, 4) is 0 Å². The maximum Gasteiger partial charge on any atom is 0.260 e. The summed E-state index contributed by atoms with van der Waals surface area (Å²) < 4.78 is 5.42. The molecule has 0 aromatic carbocycles. The maximum atomic E-state index is 11.8. The van der Waals surface area contributed by atoms with Crippen LogP contribution < -0.4 is 5.32 Å². The lowest BCUT2D eigenvalue weighted by Crippen LogP contribution is -2.50. The van der Waals surface area contributed by atoms with Crippen LogP contribution in [0.1, 0.15) is 49.2 Å². The van der Waals surface area contributed by atoms with E-state index in [0.717, 1.165) is 19.3 Å². The first-order chi connectivity index (χ1) is 10.7. The van der Waals surface area contributed by atoms with Crippen LogP contribution in [0, 0.1) is 5.41 Å². The fourth-order valence-corrected chi connectivity index (χ4v) is 3.59. The number of dihydropyridines is 1. The zero-order valence-corrected chi connectivity index (χ0v) is 12.0. The number of aliphatic imine (C=N–C) groups is 1. The molecule has 2 unspecified atom stereocenters. The molecule has 2 fully saturated rings. The Morgan fingerprint density at radius 2 is 2.18 bits per heavy atom. The SMILES string of the molecule is O=C1CC2(CCC2)C(c2nc(C3C=CC=NC3=O)no2)CN1. The Labute approximate surface area is 126 Å². The summed E-state index contributed by atoms with van der Waals surface area (Å²) in [5.74, 6) is 0.134. The van der Waals surface area contributed by atoms with Crippen molar-refractivity contribution in [3.63, 3.8) is 0 Å². The lowest BCUT2D eigenvalue weighted by Gasteiger charge is -2.48. The topological polar surface area (TPSA) is 97.5 Å². The molecule has 3 heterocycles. The summed E-state index contributed by atoms with van der Waals surface area (Å²) in [7, 11) is 0. The van der Waals surface area contributed by atoms with Crippen molar-refractivity contribution < 1.29 is 14.1 Å². The van der Waals surface area contributed by atoms with Gasteiger partial charge in [-0.1, -0.05) is 17.7 Å². The number of piperidine rings is 1. The molecule has 114 valence electrons. The molecule has 1 spiro atoms. The molecular weight excluding hydrogens is 284 g/mol. The minimum absolute atomic E-state index is 0.0337. The lowest BCUT2D eigenvalue weighted by molar-refractivity contribution is -0.129.